The molecule has 0 amide bonds. The second-order valence-corrected chi connectivity index (χ2v) is 10.3. The molecule has 0 aliphatic carbocycles. The fraction of sp³-hybridized carbons (Fsp3) is 0.333. The first-order valence-corrected chi connectivity index (χ1v) is 11.9. The Bertz CT molecular complexity index is 1170. The lowest BCUT2D eigenvalue weighted by Gasteiger charge is -2.42. The van der Waals surface area contributed by atoms with Crippen molar-refractivity contribution in [3.8, 4) is 16.2 Å². The first kappa shape index (κ1) is 24.4. The molecular weight excluding hydrogens is 459 g/mol. The minimum atomic E-state index is -4.82. The number of anilines is 1. The van der Waals surface area contributed by atoms with Crippen LogP contribution in [0.4, 0.5) is 18.9 Å². The molecule has 1 aliphatic rings. The van der Waals surface area contributed by atoms with Gasteiger partial charge >= 0.3 is 6.18 Å². The molecule has 0 bridgehead atoms. The quantitative estimate of drug-likeness (QED) is 0.393. The Hall–Kier alpha value is -2.77. The second kappa shape index (κ2) is 9.12. The van der Waals surface area contributed by atoms with Crippen molar-refractivity contribution in [3.05, 3.63) is 77.2 Å². The molecule has 4 rings (SSSR count). The van der Waals surface area contributed by atoms with E-state index in [1.807, 2.05) is 53.9 Å². The van der Waals surface area contributed by atoms with Crippen molar-refractivity contribution in [2.24, 2.45) is 0 Å². The summed E-state index contributed by atoms with van der Waals surface area (Å²) in [5.74, 6) is 0.501. The molecule has 34 heavy (non-hydrogen) atoms. The zero-order valence-corrected chi connectivity index (χ0v) is 20.2. The van der Waals surface area contributed by atoms with E-state index in [2.05, 4.69) is 0 Å². The summed E-state index contributed by atoms with van der Waals surface area (Å²) in [5.41, 5.74) is -0.912. The number of thiophene rings is 1. The fourth-order valence-electron chi connectivity index (χ4n) is 4.69. The van der Waals surface area contributed by atoms with E-state index in [9.17, 15) is 18.3 Å². The highest BCUT2D eigenvalue weighted by Gasteiger charge is 2.57. The lowest BCUT2D eigenvalue weighted by molar-refractivity contribution is -0.262. The number of hydrogen-bond donors (Lipinski definition) is 1. The van der Waals surface area contributed by atoms with Crippen molar-refractivity contribution < 1.29 is 23.0 Å². The summed E-state index contributed by atoms with van der Waals surface area (Å²) in [6.07, 6.45) is -1.63. The molecule has 2 aromatic carbocycles. The molecule has 0 fully saturated rings. The van der Waals surface area contributed by atoms with Crippen LogP contribution < -0.4 is 9.64 Å². The zero-order chi connectivity index (χ0) is 24.6. The van der Waals surface area contributed by atoms with Gasteiger partial charge in [-0.2, -0.15) is 13.2 Å². The van der Waals surface area contributed by atoms with Crippen molar-refractivity contribution in [2.75, 3.05) is 25.1 Å². The summed E-state index contributed by atoms with van der Waals surface area (Å²) in [4.78, 5) is 2.61. The molecule has 1 aliphatic heterocycles. The van der Waals surface area contributed by atoms with E-state index >= 15 is 0 Å². The number of ether oxygens (including phenoxy) is 1. The highest BCUT2D eigenvalue weighted by molar-refractivity contribution is 7.13. The Morgan fingerprint density at radius 1 is 1.06 bits per heavy atom. The molecule has 0 saturated heterocycles. The smallest absolute Gasteiger partial charge is 0.418 e. The van der Waals surface area contributed by atoms with Crippen LogP contribution in [-0.4, -0.2) is 37.1 Å². The third kappa shape index (κ3) is 4.72. The van der Waals surface area contributed by atoms with Crippen LogP contribution in [0, 0.1) is 0 Å². The van der Waals surface area contributed by atoms with Gasteiger partial charge in [0.2, 0.25) is 0 Å². The van der Waals surface area contributed by atoms with E-state index in [-0.39, 0.29) is 0 Å². The largest absolute Gasteiger partial charge is 0.496 e. The molecule has 1 aromatic heterocycles. The Kier molecular flexibility index (Phi) is 6.53. The molecule has 0 saturated carbocycles. The lowest BCUT2D eigenvalue weighted by Crippen LogP contribution is -2.56. The summed E-state index contributed by atoms with van der Waals surface area (Å²) in [6.45, 7) is 3.19. The standard InChI is InChI=1S/C27H28F3NO2S/c1-25(2,21-16-20(12-13-23(21)33-3)24-11-7-15-34-24)17-26(32,27(28,29)30)18-31-14-6-9-19-8-4-5-10-22(19)31/h4-13,15-16,32H,14,17-18H2,1-3H3. The van der Waals surface area contributed by atoms with Crippen molar-refractivity contribution >= 4 is 23.1 Å². The highest BCUT2D eigenvalue weighted by atomic mass is 32.1. The molecule has 3 aromatic rings. The van der Waals surface area contributed by atoms with Crippen molar-refractivity contribution in [2.45, 2.75) is 37.5 Å². The predicted molar refractivity (Wildman–Crippen MR) is 133 cm³/mol. The van der Waals surface area contributed by atoms with Crippen LogP contribution in [-0.2, 0) is 5.41 Å². The third-order valence-electron chi connectivity index (χ3n) is 6.35. The molecule has 180 valence electrons. The molecule has 1 atom stereocenters. The van der Waals surface area contributed by atoms with Gasteiger partial charge in [0.25, 0.3) is 0 Å². The van der Waals surface area contributed by atoms with Gasteiger partial charge in [-0.3, -0.25) is 0 Å². The van der Waals surface area contributed by atoms with Gasteiger partial charge in [0, 0.05) is 22.7 Å². The summed E-state index contributed by atoms with van der Waals surface area (Å²) in [6, 6.07) is 16.7. The summed E-state index contributed by atoms with van der Waals surface area (Å²) >= 11 is 1.56. The number of fused-ring (bicyclic) bond motifs is 1. The molecule has 1 N–H and O–H groups in total. The molecule has 3 nitrogen and oxygen atoms in total. The second-order valence-electron chi connectivity index (χ2n) is 9.32. The minimum absolute atomic E-state index is 0.299. The molecule has 0 spiro atoms. The SMILES string of the molecule is COc1ccc(-c2cccs2)cc1C(C)(C)CC(O)(CN1CC=Cc2ccccc21)C(F)(F)F. The Morgan fingerprint density at radius 2 is 1.82 bits per heavy atom. The summed E-state index contributed by atoms with van der Waals surface area (Å²) < 4.78 is 48.8. The number of aliphatic hydroxyl groups is 1. The number of rotatable bonds is 7. The van der Waals surface area contributed by atoms with Crippen molar-refractivity contribution in [1.29, 1.82) is 0 Å². The number of benzene rings is 2. The topological polar surface area (TPSA) is 32.7 Å². The van der Waals surface area contributed by atoms with Crippen LogP contribution in [0.15, 0.2) is 66.1 Å². The van der Waals surface area contributed by atoms with E-state index in [0.717, 1.165) is 16.0 Å². The van der Waals surface area contributed by atoms with Gasteiger partial charge in [0.15, 0.2) is 5.60 Å². The van der Waals surface area contributed by atoms with E-state index in [1.165, 1.54) is 7.11 Å². The Balaban J connectivity index is 1.70. The van der Waals surface area contributed by atoms with Gasteiger partial charge in [-0.1, -0.05) is 50.3 Å². The van der Waals surface area contributed by atoms with Gasteiger partial charge in [-0.15, -0.1) is 11.3 Å². The van der Waals surface area contributed by atoms with Crippen LogP contribution in [0.3, 0.4) is 0 Å². The summed E-state index contributed by atoms with van der Waals surface area (Å²) in [7, 11) is 1.51. The number of alkyl halides is 3. The van der Waals surface area contributed by atoms with Gasteiger partial charge in [0.05, 0.1) is 13.7 Å². The van der Waals surface area contributed by atoms with Gasteiger partial charge < -0.3 is 14.7 Å². The maximum Gasteiger partial charge on any atom is 0.418 e. The maximum atomic E-state index is 14.4. The van der Waals surface area contributed by atoms with Crippen LogP contribution in [0.25, 0.3) is 16.5 Å². The number of para-hydroxylation sites is 1. The normalized spacial score (nSPS) is 15.7. The van der Waals surface area contributed by atoms with Crippen LogP contribution in [0.1, 0.15) is 31.4 Å². The molecule has 2 heterocycles. The monoisotopic (exact) mass is 487 g/mol. The lowest BCUT2D eigenvalue weighted by atomic mass is 9.73. The van der Waals surface area contributed by atoms with Crippen LogP contribution in [0.5, 0.6) is 5.75 Å². The molecule has 0 radical (unpaired) electrons. The minimum Gasteiger partial charge on any atom is -0.496 e. The van der Waals surface area contributed by atoms with E-state index in [4.69, 9.17) is 4.74 Å². The number of hydrogen-bond acceptors (Lipinski definition) is 4. The van der Waals surface area contributed by atoms with Crippen molar-refractivity contribution in [1.82, 2.24) is 0 Å². The number of halogens is 3. The Labute approximate surface area is 202 Å². The van der Waals surface area contributed by atoms with E-state index in [1.54, 1.807) is 48.3 Å². The van der Waals surface area contributed by atoms with E-state index in [0.29, 0.717) is 23.5 Å². The Morgan fingerprint density at radius 3 is 2.50 bits per heavy atom. The predicted octanol–water partition coefficient (Wildman–Crippen LogP) is 6.92. The van der Waals surface area contributed by atoms with Gasteiger partial charge in [-0.25, -0.2) is 0 Å². The average molecular weight is 488 g/mol. The third-order valence-corrected chi connectivity index (χ3v) is 7.27. The number of nitrogens with zero attached hydrogens (tertiary/aromatic N) is 1. The number of β-amino-alcohol motifs (C(OH)–C–C–N with tert-alkyl or cyclic N) is 1. The highest BCUT2D eigenvalue weighted by Crippen LogP contribution is 2.45. The summed E-state index contributed by atoms with van der Waals surface area (Å²) in [5, 5.41) is 13.2. The zero-order valence-electron chi connectivity index (χ0n) is 19.4. The molecular formula is C27H28F3NO2S. The number of methoxy groups -OCH3 is 1. The molecule has 1 unspecified atom stereocenters. The van der Waals surface area contributed by atoms with Crippen LogP contribution in [0.2, 0.25) is 0 Å². The first-order valence-electron chi connectivity index (χ1n) is 11.1. The van der Waals surface area contributed by atoms with Gasteiger partial charge in [-0.05, 0) is 58.7 Å². The average Bonchev–Trinajstić information content (AvgIpc) is 3.33. The fourth-order valence-corrected chi connectivity index (χ4v) is 5.42. The van der Waals surface area contributed by atoms with E-state index < -0.39 is 30.2 Å². The van der Waals surface area contributed by atoms with Crippen LogP contribution >= 0.6 is 11.3 Å². The van der Waals surface area contributed by atoms with Crippen molar-refractivity contribution in [3.63, 3.8) is 0 Å². The maximum absolute atomic E-state index is 14.4. The molecule has 7 heteroatoms. The van der Waals surface area contributed by atoms with Gasteiger partial charge in [0.1, 0.15) is 5.75 Å². The first-order chi connectivity index (χ1) is 16.0.